The van der Waals surface area contributed by atoms with E-state index in [0.29, 0.717) is 30.1 Å². The molecule has 0 spiro atoms. The average Bonchev–Trinajstić information content (AvgIpc) is 3.45. The molecule has 0 bridgehead atoms. The van der Waals surface area contributed by atoms with Crippen LogP contribution in [0.5, 0.6) is 0 Å². The average molecular weight is 469 g/mol. The normalized spacial score (nSPS) is 14.6. The molecule has 9 heteroatoms. The molecule has 166 valence electrons. The van der Waals surface area contributed by atoms with E-state index < -0.39 is 0 Å². The van der Waals surface area contributed by atoms with E-state index >= 15 is 0 Å². The Balaban J connectivity index is 1.50. The quantitative estimate of drug-likeness (QED) is 0.282. The van der Waals surface area contributed by atoms with Crippen molar-refractivity contribution in [2.45, 2.75) is 49.6 Å². The van der Waals surface area contributed by atoms with Crippen molar-refractivity contribution < 1.29 is 9.15 Å². The number of ether oxygens (including phenoxy) is 1. The summed E-state index contributed by atoms with van der Waals surface area (Å²) in [6.45, 7) is 2.89. The van der Waals surface area contributed by atoms with Crippen LogP contribution in [-0.4, -0.2) is 33.5 Å². The zero-order chi connectivity index (χ0) is 22.1. The Bertz CT molecular complexity index is 1300. The number of aryl methyl sites for hydroxylation is 2. The second-order valence-corrected chi connectivity index (χ2v) is 10.2. The molecular formula is C23H24N4O3S2. The van der Waals surface area contributed by atoms with Gasteiger partial charge >= 0.3 is 0 Å². The Morgan fingerprint density at radius 1 is 1.22 bits per heavy atom. The Morgan fingerprint density at radius 2 is 2.03 bits per heavy atom. The molecule has 5 rings (SSSR count). The van der Waals surface area contributed by atoms with E-state index in [1.165, 1.54) is 28.6 Å². The van der Waals surface area contributed by atoms with E-state index in [-0.39, 0.29) is 10.8 Å². The number of thioether (sulfide) groups is 1. The molecule has 0 saturated heterocycles. The fourth-order valence-electron chi connectivity index (χ4n) is 3.99. The number of aromatic nitrogens is 4. The third-order valence-electron chi connectivity index (χ3n) is 5.65. The molecule has 1 aromatic carbocycles. The molecule has 0 aliphatic heterocycles. The van der Waals surface area contributed by atoms with Gasteiger partial charge in [0.05, 0.1) is 23.8 Å². The highest BCUT2D eigenvalue weighted by Gasteiger charge is 2.24. The lowest BCUT2D eigenvalue weighted by Crippen LogP contribution is -2.25. The van der Waals surface area contributed by atoms with E-state index in [1.54, 1.807) is 23.0 Å². The number of rotatable bonds is 7. The fourth-order valence-corrected chi connectivity index (χ4v) is 6.26. The molecule has 0 radical (unpaired) electrons. The molecule has 1 atom stereocenters. The number of hydrogen-bond acceptors (Lipinski definition) is 8. The second kappa shape index (κ2) is 9.17. The number of nitrogens with zero attached hydrogens (tertiary/aromatic N) is 4. The van der Waals surface area contributed by atoms with Crippen LogP contribution < -0.4 is 5.56 Å². The maximum Gasteiger partial charge on any atom is 0.263 e. The van der Waals surface area contributed by atoms with Gasteiger partial charge in [0.25, 0.3) is 5.56 Å². The lowest BCUT2D eigenvalue weighted by atomic mass is 9.97. The van der Waals surface area contributed by atoms with Crippen LogP contribution in [-0.2, 0) is 24.1 Å². The topological polar surface area (TPSA) is 83.0 Å². The summed E-state index contributed by atoms with van der Waals surface area (Å²) in [5.41, 5.74) is 2.11. The highest BCUT2D eigenvalue weighted by Crippen LogP contribution is 2.38. The van der Waals surface area contributed by atoms with Crippen LogP contribution in [0.15, 0.2) is 44.7 Å². The minimum atomic E-state index is -0.160. The summed E-state index contributed by atoms with van der Waals surface area (Å²) >= 11 is 3.13. The summed E-state index contributed by atoms with van der Waals surface area (Å²) in [5, 5.41) is 9.73. The lowest BCUT2D eigenvalue weighted by molar-refractivity contribution is 0.183. The number of benzene rings is 1. The molecule has 1 unspecified atom stereocenters. The van der Waals surface area contributed by atoms with Gasteiger partial charge in [0.1, 0.15) is 4.83 Å². The minimum absolute atomic E-state index is 0.0247. The molecule has 0 N–H and O–H groups in total. The Labute approximate surface area is 193 Å². The van der Waals surface area contributed by atoms with Crippen LogP contribution in [0.2, 0.25) is 0 Å². The van der Waals surface area contributed by atoms with Crippen molar-refractivity contribution in [3.8, 4) is 11.5 Å². The largest absolute Gasteiger partial charge is 0.419 e. The highest BCUT2D eigenvalue weighted by molar-refractivity contribution is 7.99. The van der Waals surface area contributed by atoms with Crippen molar-refractivity contribution in [3.63, 3.8) is 0 Å². The Morgan fingerprint density at radius 3 is 2.84 bits per heavy atom. The van der Waals surface area contributed by atoms with Gasteiger partial charge in [0, 0.05) is 17.6 Å². The summed E-state index contributed by atoms with van der Waals surface area (Å²) in [6.07, 6.45) is 4.31. The van der Waals surface area contributed by atoms with Crippen molar-refractivity contribution in [1.29, 1.82) is 0 Å². The lowest BCUT2D eigenvalue weighted by Gasteiger charge is -2.14. The van der Waals surface area contributed by atoms with Crippen molar-refractivity contribution in [2.24, 2.45) is 0 Å². The predicted octanol–water partition coefficient (Wildman–Crippen LogP) is 4.89. The number of thiophene rings is 1. The van der Waals surface area contributed by atoms with Gasteiger partial charge in [-0.05, 0) is 50.3 Å². The first-order chi connectivity index (χ1) is 15.7. The molecule has 4 aromatic rings. The van der Waals surface area contributed by atoms with Crippen molar-refractivity contribution >= 4 is 33.3 Å². The maximum absolute atomic E-state index is 13.5. The van der Waals surface area contributed by atoms with Gasteiger partial charge in [-0.15, -0.1) is 21.5 Å². The number of fused-ring (bicyclic) bond motifs is 3. The van der Waals surface area contributed by atoms with Crippen LogP contribution in [0.25, 0.3) is 21.7 Å². The first-order valence-electron chi connectivity index (χ1n) is 10.7. The van der Waals surface area contributed by atoms with Gasteiger partial charge in [0.2, 0.25) is 11.8 Å². The highest BCUT2D eigenvalue weighted by atomic mass is 32.2. The molecule has 32 heavy (non-hydrogen) atoms. The zero-order valence-corrected chi connectivity index (χ0v) is 19.7. The van der Waals surface area contributed by atoms with E-state index in [0.717, 1.165) is 35.0 Å². The van der Waals surface area contributed by atoms with Gasteiger partial charge < -0.3 is 9.15 Å². The second-order valence-electron chi connectivity index (χ2n) is 7.81. The van der Waals surface area contributed by atoms with Gasteiger partial charge in [-0.25, -0.2) is 4.98 Å². The third kappa shape index (κ3) is 4.00. The summed E-state index contributed by atoms with van der Waals surface area (Å²) in [6, 6.07) is 9.69. The standard InChI is InChI=1S/C23H24N4O3S2/c1-14(19-25-26-20(30-19)15-8-4-3-5-9-15)31-23-24-21-18(22(28)27(23)12-13-29-2)16-10-6-7-11-17(16)32-21/h3-5,8-9,14H,6-7,10-13H2,1-2H3. The van der Waals surface area contributed by atoms with Crippen LogP contribution in [0.1, 0.15) is 41.3 Å². The van der Waals surface area contributed by atoms with Gasteiger partial charge in [-0.2, -0.15) is 0 Å². The first kappa shape index (κ1) is 21.4. The molecular weight excluding hydrogens is 444 g/mol. The maximum atomic E-state index is 13.5. The molecule has 7 nitrogen and oxygen atoms in total. The molecule has 1 aliphatic rings. The zero-order valence-electron chi connectivity index (χ0n) is 18.0. The minimum Gasteiger partial charge on any atom is -0.419 e. The molecule has 0 amide bonds. The molecule has 0 fully saturated rings. The monoisotopic (exact) mass is 468 g/mol. The summed E-state index contributed by atoms with van der Waals surface area (Å²) < 4.78 is 12.9. The molecule has 1 aliphatic carbocycles. The SMILES string of the molecule is COCCn1c(SC(C)c2nnc(-c3ccccc3)o2)nc2sc3c(c2c1=O)CCCC3. The first-order valence-corrected chi connectivity index (χ1v) is 12.4. The number of methoxy groups -OCH3 is 1. The van der Waals surface area contributed by atoms with Gasteiger partial charge in [0.15, 0.2) is 5.16 Å². The molecule has 3 heterocycles. The Hall–Kier alpha value is -2.49. The van der Waals surface area contributed by atoms with Crippen molar-refractivity contribution in [1.82, 2.24) is 19.7 Å². The van der Waals surface area contributed by atoms with E-state index in [2.05, 4.69) is 10.2 Å². The Kier molecular flexibility index (Phi) is 6.12. The van der Waals surface area contributed by atoms with Gasteiger partial charge in [-0.1, -0.05) is 30.0 Å². The summed E-state index contributed by atoms with van der Waals surface area (Å²) in [5.74, 6) is 0.992. The van der Waals surface area contributed by atoms with E-state index in [9.17, 15) is 4.79 Å². The summed E-state index contributed by atoms with van der Waals surface area (Å²) in [7, 11) is 1.64. The fraction of sp³-hybridized carbons (Fsp3) is 0.391. The summed E-state index contributed by atoms with van der Waals surface area (Å²) in [4.78, 5) is 20.6. The third-order valence-corrected chi connectivity index (χ3v) is 7.91. The van der Waals surface area contributed by atoms with Crippen LogP contribution in [0.4, 0.5) is 0 Å². The van der Waals surface area contributed by atoms with Gasteiger partial charge in [-0.3, -0.25) is 9.36 Å². The van der Waals surface area contributed by atoms with E-state index in [1.807, 2.05) is 37.3 Å². The van der Waals surface area contributed by atoms with Crippen LogP contribution in [0, 0.1) is 0 Å². The van der Waals surface area contributed by atoms with Crippen LogP contribution >= 0.6 is 23.1 Å². The smallest absolute Gasteiger partial charge is 0.263 e. The molecule has 3 aromatic heterocycles. The van der Waals surface area contributed by atoms with E-state index in [4.69, 9.17) is 14.1 Å². The predicted molar refractivity (Wildman–Crippen MR) is 126 cm³/mol. The van der Waals surface area contributed by atoms with Crippen LogP contribution in [0.3, 0.4) is 0 Å². The van der Waals surface area contributed by atoms with Crippen molar-refractivity contribution in [2.75, 3.05) is 13.7 Å². The van der Waals surface area contributed by atoms with Crippen molar-refractivity contribution in [3.05, 3.63) is 57.0 Å². The number of hydrogen-bond donors (Lipinski definition) is 0. The molecule has 0 saturated carbocycles.